The zero-order valence-electron chi connectivity index (χ0n) is 19.3. The van der Waals surface area contributed by atoms with Crippen LogP contribution in [0.1, 0.15) is 87.0 Å². The van der Waals surface area contributed by atoms with Gasteiger partial charge < -0.3 is 9.47 Å². The molecular weight excluding hydrogens is 364 g/mol. The van der Waals surface area contributed by atoms with Crippen molar-refractivity contribution < 1.29 is 19.1 Å². The molecular formula is C25H38O4. The van der Waals surface area contributed by atoms with Gasteiger partial charge in [0.2, 0.25) is 0 Å². The predicted octanol–water partition coefficient (Wildman–Crippen LogP) is 4.93. The van der Waals surface area contributed by atoms with Gasteiger partial charge >= 0.3 is 5.97 Å². The Morgan fingerprint density at radius 1 is 1.03 bits per heavy atom. The number of epoxide rings is 1. The van der Waals surface area contributed by atoms with Crippen molar-refractivity contribution in [3.05, 3.63) is 0 Å². The molecule has 1 unspecified atom stereocenters. The molecule has 4 nitrogen and oxygen atoms in total. The average molecular weight is 403 g/mol. The van der Waals surface area contributed by atoms with Crippen LogP contribution in [0.5, 0.6) is 0 Å². The molecule has 0 aromatic rings. The second-order valence-electron chi connectivity index (χ2n) is 12.7. The van der Waals surface area contributed by atoms with Gasteiger partial charge in [0.05, 0.1) is 11.0 Å². The quantitative estimate of drug-likeness (QED) is 0.461. The molecule has 4 saturated carbocycles. The highest BCUT2D eigenvalue weighted by atomic mass is 16.6. The van der Waals surface area contributed by atoms with Crippen LogP contribution in [-0.4, -0.2) is 29.1 Å². The van der Waals surface area contributed by atoms with E-state index in [-0.39, 0.29) is 40.2 Å². The minimum atomic E-state index is -0.598. The number of hydrogen-bond donors (Lipinski definition) is 0. The van der Waals surface area contributed by atoms with Crippen molar-refractivity contribution in [2.24, 2.45) is 39.9 Å². The fraction of sp³-hybridized carbons (Fsp3) is 0.920. The summed E-state index contributed by atoms with van der Waals surface area (Å²) >= 11 is 0. The first kappa shape index (κ1) is 20.0. The van der Waals surface area contributed by atoms with E-state index in [0.29, 0.717) is 11.8 Å². The van der Waals surface area contributed by atoms with Crippen molar-refractivity contribution in [3.8, 4) is 0 Å². The molecule has 1 heterocycles. The predicted molar refractivity (Wildman–Crippen MR) is 110 cm³/mol. The third kappa shape index (κ3) is 2.20. The number of rotatable bonds is 1. The number of ketones is 1. The van der Waals surface area contributed by atoms with Crippen LogP contribution in [0.2, 0.25) is 0 Å². The Labute approximate surface area is 175 Å². The molecule has 4 heteroatoms. The molecule has 5 fully saturated rings. The van der Waals surface area contributed by atoms with Crippen molar-refractivity contribution >= 4 is 11.8 Å². The average Bonchev–Trinajstić information content (AvgIpc) is 3.07. The fourth-order valence-electron chi connectivity index (χ4n) is 8.73. The summed E-state index contributed by atoms with van der Waals surface area (Å²) < 4.78 is 12.7. The number of ether oxygens (including phenoxy) is 2. The second kappa shape index (κ2) is 5.47. The van der Waals surface area contributed by atoms with E-state index in [1.807, 2.05) is 20.8 Å². The molecule has 1 aliphatic heterocycles. The lowest BCUT2D eigenvalue weighted by molar-refractivity contribution is -0.205. The minimum absolute atomic E-state index is 0.0199. The lowest BCUT2D eigenvalue weighted by Crippen LogP contribution is -2.66. The smallest absolute Gasteiger partial charge is 0.311 e. The van der Waals surface area contributed by atoms with Gasteiger partial charge in [-0.3, -0.25) is 9.59 Å². The summed E-state index contributed by atoms with van der Waals surface area (Å²) in [6, 6.07) is 0. The summed E-state index contributed by atoms with van der Waals surface area (Å²) in [5.41, 5.74) is -1.29. The van der Waals surface area contributed by atoms with Gasteiger partial charge in [0.1, 0.15) is 5.60 Å². The standard InChI is InChI=1S/C25H38O4/c1-14-8-9-16-17(28-20(27)21(2,3)4)18(26)22(5)12-13-25-19(22)24(16,7)15(14)10-11-23(25,6)29-25/h14-17,19H,8-13H2,1-7H3/t14-,15?,16+,17-,19+,22+,23+,24-,25-/m1/s1. The monoisotopic (exact) mass is 402 g/mol. The van der Waals surface area contributed by atoms with Crippen molar-refractivity contribution in [1.29, 1.82) is 0 Å². The Kier molecular flexibility index (Phi) is 3.78. The lowest BCUT2D eigenvalue weighted by Gasteiger charge is -2.62. The van der Waals surface area contributed by atoms with Crippen molar-refractivity contribution in [2.75, 3.05) is 0 Å². The van der Waals surface area contributed by atoms with E-state index >= 15 is 0 Å². The number of carbonyl (C=O) groups excluding carboxylic acids is 2. The normalized spacial score (nSPS) is 55.6. The van der Waals surface area contributed by atoms with Gasteiger partial charge in [-0.05, 0) is 83.5 Å². The van der Waals surface area contributed by atoms with Gasteiger partial charge in [-0.25, -0.2) is 0 Å². The SMILES string of the molecule is C[C@@H]1CC[C@H]2[C@@H](OC(=O)C(C)(C)C)C(=O)[C@]3(C)CC[C@]45O[C@@]4(C)CCC1[C@@]2(C)[C@H]35. The van der Waals surface area contributed by atoms with E-state index < -0.39 is 16.9 Å². The van der Waals surface area contributed by atoms with Crippen LogP contribution in [-0.2, 0) is 19.1 Å². The van der Waals surface area contributed by atoms with Crippen LogP contribution in [0.25, 0.3) is 0 Å². The first-order valence-electron chi connectivity index (χ1n) is 11.8. The summed E-state index contributed by atoms with van der Waals surface area (Å²) in [6.45, 7) is 14.9. The molecule has 29 heavy (non-hydrogen) atoms. The molecule has 1 spiro atoms. The first-order valence-corrected chi connectivity index (χ1v) is 11.8. The molecule has 162 valence electrons. The zero-order valence-corrected chi connectivity index (χ0v) is 19.3. The molecule has 0 amide bonds. The summed E-state index contributed by atoms with van der Waals surface area (Å²) in [6.07, 6.45) is 5.59. The maximum absolute atomic E-state index is 14.0. The largest absolute Gasteiger partial charge is 0.454 e. The number of esters is 1. The Bertz CT molecular complexity index is 782. The molecule has 0 bridgehead atoms. The van der Waals surface area contributed by atoms with Gasteiger partial charge in [0, 0.05) is 17.3 Å². The van der Waals surface area contributed by atoms with Gasteiger partial charge in [0.15, 0.2) is 11.9 Å². The van der Waals surface area contributed by atoms with Crippen LogP contribution in [0.3, 0.4) is 0 Å². The maximum Gasteiger partial charge on any atom is 0.311 e. The van der Waals surface area contributed by atoms with E-state index in [1.54, 1.807) is 0 Å². The van der Waals surface area contributed by atoms with Crippen LogP contribution in [0, 0.1) is 39.9 Å². The summed E-state index contributed by atoms with van der Waals surface area (Å²) in [5, 5.41) is 0. The summed E-state index contributed by atoms with van der Waals surface area (Å²) in [7, 11) is 0. The molecule has 5 rings (SSSR count). The van der Waals surface area contributed by atoms with Crippen LogP contribution in [0.15, 0.2) is 0 Å². The third-order valence-electron chi connectivity index (χ3n) is 10.2. The van der Waals surface area contributed by atoms with Crippen molar-refractivity contribution in [3.63, 3.8) is 0 Å². The van der Waals surface area contributed by atoms with E-state index in [9.17, 15) is 9.59 Å². The number of carbonyl (C=O) groups is 2. The zero-order chi connectivity index (χ0) is 21.2. The van der Waals surface area contributed by atoms with Gasteiger partial charge in [-0.1, -0.05) is 20.8 Å². The van der Waals surface area contributed by atoms with E-state index in [2.05, 4.69) is 27.7 Å². The topological polar surface area (TPSA) is 55.9 Å². The highest BCUT2D eigenvalue weighted by Gasteiger charge is 2.84. The lowest BCUT2D eigenvalue weighted by atomic mass is 9.42. The highest BCUT2D eigenvalue weighted by molar-refractivity contribution is 5.93. The number of hydrogen-bond acceptors (Lipinski definition) is 4. The van der Waals surface area contributed by atoms with E-state index in [1.165, 1.54) is 0 Å². The number of Topliss-reactive ketones (excluding diaryl/α,β-unsaturated/α-hetero) is 1. The van der Waals surface area contributed by atoms with Crippen LogP contribution in [0.4, 0.5) is 0 Å². The van der Waals surface area contributed by atoms with Crippen molar-refractivity contribution in [1.82, 2.24) is 0 Å². The Hall–Kier alpha value is -0.900. The van der Waals surface area contributed by atoms with Gasteiger partial charge in [-0.2, -0.15) is 0 Å². The molecule has 0 N–H and O–H groups in total. The van der Waals surface area contributed by atoms with Crippen LogP contribution < -0.4 is 0 Å². The maximum atomic E-state index is 14.0. The Balaban J connectivity index is 1.65. The van der Waals surface area contributed by atoms with Crippen LogP contribution >= 0.6 is 0 Å². The molecule has 0 aromatic carbocycles. The summed E-state index contributed by atoms with van der Waals surface area (Å²) in [5.74, 6) is 1.49. The van der Waals surface area contributed by atoms with E-state index in [0.717, 1.165) is 38.5 Å². The van der Waals surface area contributed by atoms with Crippen molar-refractivity contribution in [2.45, 2.75) is 104 Å². The molecule has 0 aromatic heterocycles. The molecule has 9 atom stereocenters. The molecule has 1 saturated heterocycles. The molecule has 5 aliphatic rings. The summed E-state index contributed by atoms with van der Waals surface area (Å²) in [4.78, 5) is 26.9. The molecule has 0 radical (unpaired) electrons. The Morgan fingerprint density at radius 2 is 1.72 bits per heavy atom. The highest BCUT2D eigenvalue weighted by Crippen LogP contribution is 2.79. The fourth-order valence-corrected chi connectivity index (χ4v) is 8.73. The second-order valence-corrected chi connectivity index (χ2v) is 12.7. The molecule has 4 aliphatic carbocycles. The Morgan fingerprint density at radius 3 is 2.38 bits per heavy atom. The van der Waals surface area contributed by atoms with Gasteiger partial charge in [0.25, 0.3) is 0 Å². The third-order valence-corrected chi connectivity index (χ3v) is 10.2. The first-order chi connectivity index (χ1) is 13.3. The van der Waals surface area contributed by atoms with E-state index in [4.69, 9.17) is 9.47 Å². The minimum Gasteiger partial charge on any atom is -0.454 e. The van der Waals surface area contributed by atoms with Gasteiger partial charge in [-0.15, -0.1) is 0 Å².